The van der Waals surface area contributed by atoms with Crippen molar-refractivity contribution in [1.29, 1.82) is 0 Å². The largest absolute Gasteiger partial charge is 0.481 e. The van der Waals surface area contributed by atoms with Crippen LogP contribution in [0.15, 0.2) is 30.3 Å². The molecule has 2 amide bonds. The molecular weight excluding hydrogens is 445 g/mol. The van der Waals surface area contributed by atoms with Gasteiger partial charge in [0.05, 0.1) is 17.6 Å². The number of alkyl carbamates (subject to hydrolysis) is 1. The zero-order chi connectivity index (χ0) is 25.4. The van der Waals surface area contributed by atoms with Crippen LogP contribution in [0.1, 0.15) is 59.4 Å². The monoisotopic (exact) mass is 485 g/mol. The van der Waals surface area contributed by atoms with Crippen molar-refractivity contribution in [3.63, 3.8) is 0 Å². The van der Waals surface area contributed by atoms with Gasteiger partial charge in [-0.1, -0.05) is 58.0 Å². The summed E-state index contributed by atoms with van der Waals surface area (Å²) < 4.78 is 18.2. The van der Waals surface area contributed by atoms with Crippen molar-refractivity contribution in [2.75, 3.05) is 6.54 Å². The van der Waals surface area contributed by atoms with Gasteiger partial charge < -0.3 is 30.4 Å². The Balaban J connectivity index is 1.29. The number of ether oxygens (including phenoxy) is 1. The van der Waals surface area contributed by atoms with Gasteiger partial charge in [0.2, 0.25) is 5.91 Å². The van der Waals surface area contributed by atoms with Gasteiger partial charge in [-0.05, 0) is 54.9 Å². The molecular formula is C26H40BN3O5. The van der Waals surface area contributed by atoms with Crippen molar-refractivity contribution in [2.24, 2.45) is 28.9 Å². The number of carbonyl (C=O) groups excluding carboxylic acids is 2. The van der Waals surface area contributed by atoms with Gasteiger partial charge in [-0.2, -0.15) is 0 Å². The third-order valence-electron chi connectivity index (χ3n) is 8.37. The fourth-order valence-electron chi connectivity index (χ4n) is 6.17. The lowest BCUT2D eigenvalue weighted by Gasteiger charge is -2.64. The minimum atomic E-state index is -0.917. The molecule has 0 unspecified atom stereocenters. The van der Waals surface area contributed by atoms with E-state index in [1.54, 1.807) is 0 Å². The second-order valence-electron chi connectivity index (χ2n) is 11.6. The molecule has 0 aromatic heterocycles. The van der Waals surface area contributed by atoms with E-state index in [0.717, 1.165) is 12.0 Å². The van der Waals surface area contributed by atoms with Crippen LogP contribution in [0.3, 0.4) is 0 Å². The van der Waals surface area contributed by atoms with E-state index in [9.17, 15) is 9.59 Å². The number of carbonyl (C=O) groups is 2. The van der Waals surface area contributed by atoms with Crippen LogP contribution in [0.25, 0.3) is 0 Å². The molecule has 2 bridgehead atoms. The molecule has 1 aromatic rings. The summed E-state index contributed by atoms with van der Waals surface area (Å²) in [4.78, 5) is 24.9. The average Bonchev–Trinajstić information content (AvgIpc) is 3.18. The lowest BCUT2D eigenvalue weighted by atomic mass is 9.43. The van der Waals surface area contributed by atoms with Gasteiger partial charge in [0.1, 0.15) is 12.6 Å². The third-order valence-corrected chi connectivity index (χ3v) is 8.37. The molecule has 4 fully saturated rings. The topological polar surface area (TPSA) is 112 Å². The number of rotatable bonds is 9. The highest BCUT2D eigenvalue weighted by molar-refractivity contribution is 6.47. The molecule has 1 aromatic carbocycles. The quantitative estimate of drug-likeness (QED) is 0.464. The first kappa shape index (κ1) is 26.0. The predicted octanol–water partition coefficient (Wildman–Crippen LogP) is 3.04. The van der Waals surface area contributed by atoms with E-state index >= 15 is 0 Å². The predicted molar refractivity (Wildman–Crippen MR) is 134 cm³/mol. The van der Waals surface area contributed by atoms with Crippen LogP contribution < -0.4 is 16.4 Å². The minimum absolute atomic E-state index is 0.0292. The van der Waals surface area contributed by atoms with Gasteiger partial charge in [-0.3, -0.25) is 4.79 Å². The molecule has 3 aliphatic carbocycles. The molecule has 192 valence electrons. The standard InChI is InChI=1S/C26H40BN3O5/c1-16(2)11-22(27-34-21-13-18-12-20(25(18,3)4)26(21,5)35-27)30-23(31)19(28)14-29-24(32)33-15-17-9-7-6-8-10-17/h6-10,16,18-22H,11-15,28H2,1-5H3,(H,29,32)(H,30,31)/t18-,19+,20-,21-,22+,26+/m1/s1. The van der Waals surface area contributed by atoms with E-state index in [1.807, 2.05) is 30.3 Å². The molecule has 35 heavy (non-hydrogen) atoms. The molecule has 8 nitrogen and oxygen atoms in total. The average molecular weight is 485 g/mol. The zero-order valence-electron chi connectivity index (χ0n) is 21.6. The number of benzene rings is 1. The zero-order valence-corrected chi connectivity index (χ0v) is 21.6. The van der Waals surface area contributed by atoms with E-state index in [2.05, 4.69) is 45.3 Å². The maximum absolute atomic E-state index is 12.9. The van der Waals surface area contributed by atoms with Crippen molar-refractivity contribution < 1.29 is 23.6 Å². The lowest BCUT2D eigenvalue weighted by molar-refractivity contribution is -0.199. The van der Waals surface area contributed by atoms with E-state index in [4.69, 9.17) is 19.8 Å². The second kappa shape index (κ2) is 10.1. The third kappa shape index (κ3) is 5.37. The van der Waals surface area contributed by atoms with E-state index in [1.165, 1.54) is 6.42 Å². The summed E-state index contributed by atoms with van der Waals surface area (Å²) in [6.45, 7) is 11.2. The van der Waals surface area contributed by atoms with Crippen LogP contribution in [0, 0.1) is 23.2 Å². The lowest BCUT2D eigenvalue weighted by Crippen LogP contribution is -2.65. The Kier molecular flexibility index (Phi) is 7.50. The van der Waals surface area contributed by atoms with E-state index in [-0.39, 0.29) is 42.1 Å². The Labute approximate surface area is 209 Å². The van der Waals surface area contributed by atoms with Crippen molar-refractivity contribution in [3.05, 3.63) is 35.9 Å². The Morgan fingerprint density at radius 3 is 2.57 bits per heavy atom. The summed E-state index contributed by atoms with van der Waals surface area (Å²) in [5.74, 6) is 0.771. The number of nitrogens with two attached hydrogens (primary N) is 1. The molecule has 1 aliphatic heterocycles. The fraction of sp³-hybridized carbons (Fsp3) is 0.692. The fourth-order valence-corrected chi connectivity index (χ4v) is 6.17. The van der Waals surface area contributed by atoms with Crippen LogP contribution >= 0.6 is 0 Å². The highest BCUT2D eigenvalue weighted by atomic mass is 16.7. The molecule has 6 atom stereocenters. The molecule has 4 N–H and O–H groups in total. The summed E-state index contributed by atoms with van der Waals surface area (Å²) in [6, 6.07) is 8.47. The van der Waals surface area contributed by atoms with E-state index in [0.29, 0.717) is 24.2 Å². The summed E-state index contributed by atoms with van der Waals surface area (Å²) in [7, 11) is -0.512. The molecule has 0 spiro atoms. The first-order chi connectivity index (χ1) is 16.5. The molecule has 0 radical (unpaired) electrons. The normalized spacial score (nSPS) is 30.1. The van der Waals surface area contributed by atoms with Gasteiger partial charge in [-0.15, -0.1) is 0 Å². The van der Waals surface area contributed by atoms with Crippen LogP contribution in [0.4, 0.5) is 4.79 Å². The molecule has 1 heterocycles. The van der Waals surface area contributed by atoms with Crippen molar-refractivity contribution >= 4 is 19.1 Å². The van der Waals surface area contributed by atoms with Gasteiger partial charge in [0.25, 0.3) is 0 Å². The van der Waals surface area contributed by atoms with Gasteiger partial charge in [0.15, 0.2) is 0 Å². The Bertz CT molecular complexity index is 914. The summed E-state index contributed by atoms with van der Waals surface area (Å²) in [5.41, 5.74) is 6.89. The SMILES string of the molecule is CC(C)C[C@H](NC(=O)[C@@H](N)CNC(=O)OCc1ccccc1)B1O[C@@H]2C[C@H]3C[C@H](C3(C)C)[C@]2(C)O1. The molecule has 4 aliphatic rings. The highest BCUT2D eigenvalue weighted by Gasteiger charge is 2.68. The highest BCUT2D eigenvalue weighted by Crippen LogP contribution is 2.65. The first-order valence-electron chi connectivity index (χ1n) is 12.8. The maximum Gasteiger partial charge on any atom is 0.481 e. The van der Waals surface area contributed by atoms with Gasteiger partial charge in [-0.25, -0.2) is 4.79 Å². The second-order valence-corrected chi connectivity index (χ2v) is 11.6. The van der Waals surface area contributed by atoms with Crippen LogP contribution in [0.2, 0.25) is 0 Å². The number of nitrogens with one attached hydrogen (secondary N) is 2. The number of hydrogen-bond acceptors (Lipinski definition) is 6. The Morgan fingerprint density at radius 1 is 1.20 bits per heavy atom. The van der Waals surface area contributed by atoms with Crippen LogP contribution in [-0.2, 0) is 25.4 Å². The van der Waals surface area contributed by atoms with Gasteiger partial charge in [0, 0.05) is 6.54 Å². The van der Waals surface area contributed by atoms with Crippen molar-refractivity contribution in [2.45, 2.75) is 84.2 Å². The van der Waals surface area contributed by atoms with Crippen LogP contribution in [0.5, 0.6) is 0 Å². The minimum Gasteiger partial charge on any atom is -0.445 e. The number of amides is 2. The summed E-state index contributed by atoms with van der Waals surface area (Å²) in [5, 5.41) is 5.62. The molecule has 3 saturated carbocycles. The molecule has 9 heteroatoms. The van der Waals surface area contributed by atoms with E-state index < -0.39 is 19.3 Å². The Hall–Kier alpha value is -2.10. The summed E-state index contributed by atoms with van der Waals surface area (Å²) in [6.07, 6.45) is 2.31. The smallest absolute Gasteiger partial charge is 0.445 e. The van der Waals surface area contributed by atoms with Crippen LogP contribution in [-0.4, -0.2) is 49.4 Å². The van der Waals surface area contributed by atoms with Gasteiger partial charge >= 0.3 is 13.2 Å². The van der Waals surface area contributed by atoms with Crippen molar-refractivity contribution in [1.82, 2.24) is 10.6 Å². The molecule has 1 saturated heterocycles. The Morgan fingerprint density at radius 2 is 1.91 bits per heavy atom. The molecule has 5 rings (SSSR count). The summed E-state index contributed by atoms with van der Waals surface area (Å²) >= 11 is 0. The number of hydrogen-bond donors (Lipinski definition) is 3. The van der Waals surface area contributed by atoms with Crippen molar-refractivity contribution in [3.8, 4) is 0 Å². The maximum atomic E-state index is 12.9. The first-order valence-corrected chi connectivity index (χ1v) is 12.8.